The van der Waals surface area contributed by atoms with Crippen LogP contribution in [0.5, 0.6) is 0 Å². The Morgan fingerprint density at radius 1 is 1.22 bits per heavy atom. The number of halogens is 1. The van der Waals surface area contributed by atoms with Gasteiger partial charge in [-0.25, -0.2) is 8.42 Å². The molecule has 2 heterocycles. The van der Waals surface area contributed by atoms with Gasteiger partial charge in [-0.3, -0.25) is 9.78 Å². The summed E-state index contributed by atoms with van der Waals surface area (Å²) in [5.41, 5.74) is 1.12. The van der Waals surface area contributed by atoms with Crippen LogP contribution in [-0.4, -0.2) is 36.7 Å². The highest BCUT2D eigenvalue weighted by atomic mass is 35.5. The number of carbonyl (C=O) groups is 1. The summed E-state index contributed by atoms with van der Waals surface area (Å²) in [5, 5.41) is 2.98. The van der Waals surface area contributed by atoms with Gasteiger partial charge < -0.3 is 5.32 Å². The molecule has 1 atom stereocenters. The van der Waals surface area contributed by atoms with E-state index in [1.165, 1.54) is 22.5 Å². The van der Waals surface area contributed by atoms with Gasteiger partial charge in [-0.05, 0) is 49.6 Å². The molecule has 1 aromatic heterocycles. The molecule has 8 heteroatoms. The maximum Gasteiger partial charge on any atom is 0.251 e. The molecular weight excluding hydrogens is 386 g/mol. The van der Waals surface area contributed by atoms with E-state index in [4.69, 9.17) is 11.6 Å². The van der Waals surface area contributed by atoms with E-state index in [1.807, 2.05) is 13.0 Å². The van der Waals surface area contributed by atoms with Crippen LogP contribution in [-0.2, 0) is 10.0 Å². The predicted molar refractivity (Wildman–Crippen MR) is 104 cm³/mol. The van der Waals surface area contributed by atoms with E-state index in [0.717, 1.165) is 24.8 Å². The van der Waals surface area contributed by atoms with Gasteiger partial charge in [-0.1, -0.05) is 24.1 Å². The molecule has 2 aromatic rings. The third kappa shape index (κ3) is 4.48. The lowest BCUT2D eigenvalue weighted by Gasteiger charge is -2.26. The number of sulfonamides is 1. The van der Waals surface area contributed by atoms with E-state index >= 15 is 0 Å². The minimum Gasteiger partial charge on any atom is -0.345 e. The van der Waals surface area contributed by atoms with Crippen molar-refractivity contribution in [1.29, 1.82) is 0 Å². The van der Waals surface area contributed by atoms with Crippen molar-refractivity contribution < 1.29 is 13.2 Å². The van der Waals surface area contributed by atoms with Crippen molar-refractivity contribution in [3.05, 3.63) is 58.9 Å². The molecule has 144 valence electrons. The zero-order valence-corrected chi connectivity index (χ0v) is 16.6. The normalized spacial score (nSPS) is 16.7. The highest BCUT2D eigenvalue weighted by Gasteiger charge is 2.29. The SMILES string of the molecule is CC(NC(=O)c1ccc(Cl)c(S(=O)(=O)N2CCCCC2)c1)c1cccnc1. The summed E-state index contributed by atoms with van der Waals surface area (Å²) in [6, 6.07) is 7.75. The number of nitrogens with one attached hydrogen (secondary N) is 1. The van der Waals surface area contributed by atoms with Crippen molar-refractivity contribution in [1.82, 2.24) is 14.6 Å². The Morgan fingerprint density at radius 3 is 2.63 bits per heavy atom. The van der Waals surface area contributed by atoms with Crippen molar-refractivity contribution in [2.45, 2.75) is 37.1 Å². The largest absolute Gasteiger partial charge is 0.345 e. The Bertz CT molecular complexity index is 913. The summed E-state index contributed by atoms with van der Waals surface area (Å²) in [6.45, 7) is 2.80. The Morgan fingerprint density at radius 2 is 1.96 bits per heavy atom. The number of benzene rings is 1. The van der Waals surface area contributed by atoms with Gasteiger partial charge in [-0.2, -0.15) is 4.31 Å². The minimum atomic E-state index is -3.72. The molecule has 1 amide bonds. The fraction of sp³-hybridized carbons (Fsp3) is 0.368. The predicted octanol–water partition coefficient (Wildman–Crippen LogP) is 3.40. The third-order valence-electron chi connectivity index (χ3n) is 4.66. The van der Waals surface area contributed by atoms with Crippen LogP contribution in [0, 0.1) is 0 Å². The number of piperidine rings is 1. The first kappa shape index (κ1) is 19.8. The van der Waals surface area contributed by atoms with Gasteiger partial charge >= 0.3 is 0 Å². The van der Waals surface area contributed by atoms with Crippen LogP contribution in [0.1, 0.15) is 48.1 Å². The lowest BCUT2D eigenvalue weighted by Crippen LogP contribution is -2.36. The van der Waals surface area contributed by atoms with Gasteiger partial charge in [0.2, 0.25) is 10.0 Å². The Kier molecular flexibility index (Phi) is 6.14. The summed E-state index contributed by atoms with van der Waals surface area (Å²) in [5.74, 6) is -0.363. The van der Waals surface area contributed by atoms with Gasteiger partial charge in [0.25, 0.3) is 5.91 Å². The molecule has 0 bridgehead atoms. The molecule has 27 heavy (non-hydrogen) atoms. The molecule has 3 rings (SSSR count). The van der Waals surface area contributed by atoms with Crippen molar-refractivity contribution >= 4 is 27.5 Å². The van der Waals surface area contributed by atoms with Gasteiger partial charge in [0.15, 0.2) is 0 Å². The highest BCUT2D eigenvalue weighted by molar-refractivity contribution is 7.89. The number of hydrogen-bond donors (Lipinski definition) is 1. The van der Waals surface area contributed by atoms with Crippen LogP contribution in [0.4, 0.5) is 0 Å². The molecule has 0 spiro atoms. The molecule has 1 unspecified atom stereocenters. The van der Waals surface area contributed by atoms with Crippen LogP contribution >= 0.6 is 11.6 Å². The van der Waals surface area contributed by atoms with Crippen LogP contribution in [0.3, 0.4) is 0 Å². The number of hydrogen-bond acceptors (Lipinski definition) is 4. The molecule has 0 saturated carbocycles. The molecule has 1 aromatic carbocycles. The Hall–Kier alpha value is -1.96. The monoisotopic (exact) mass is 407 g/mol. The number of rotatable bonds is 5. The molecule has 1 fully saturated rings. The first-order valence-corrected chi connectivity index (χ1v) is 10.7. The summed E-state index contributed by atoms with van der Waals surface area (Å²) in [4.78, 5) is 16.6. The molecule has 0 aliphatic carbocycles. The standard InChI is InChI=1S/C19H22ClN3O3S/c1-14(16-6-5-9-21-13-16)22-19(24)15-7-8-17(20)18(12-15)27(25,26)23-10-3-2-4-11-23/h5-9,12-14H,2-4,10-11H2,1H3,(H,22,24). The van der Waals surface area contributed by atoms with Crippen LogP contribution in [0.15, 0.2) is 47.6 Å². The number of carbonyl (C=O) groups excluding carboxylic acids is 1. The van der Waals surface area contributed by atoms with E-state index in [1.54, 1.807) is 18.5 Å². The summed E-state index contributed by atoms with van der Waals surface area (Å²) in [6.07, 6.45) is 6.03. The average Bonchev–Trinajstić information content (AvgIpc) is 2.69. The minimum absolute atomic E-state index is 0.0206. The second-order valence-corrected chi connectivity index (χ2v) is 8.91. The number of nitrogens with zero attached hydrogens (tertiary/aromatic N) is 2. The smallest absolute Gasteiger partial charge is 0.251 e. The molecule has 0 radical (unpaired) electrons. The lowest BCUT2D eigenvalue weighted by molar-refractivity contribution is 0.0939. The summed E-state index contributed by atoms with van der Waals surface area (Å²) >= 11 is 6.16. The zero-order chi connectivity index (χ0) is 19.4. The van der Waals surface area contributed by atoms with E-state index in [2.05, 4.69) is 10.3 Å². The van der Waals surface area contributed by atoms with Gasteiger partial charge in [0.05, 0.1) is 11.1 Å². The molecule has 1 aliphatic rings. The van der Waals surface area contributed by atoms with Crippen LogP contribution in [0.25, 0.3) is 0 Å². The van der Waals surface area contributed by atoms with Gasteiger partial charge in [-0.15, -0.1) is 0 Å². The number of aromatic nitrogens is 1. The Labute approximate surface area is 164 Å². The van der Waals surface area contributed by atoms with E-state index in [0.29, 0.717) is 13.1 Å². The van der Waals surface area contributed by atoms with Gasteiger partial charge in [0, 0.05) is 31.0 Å². The topological polar surface area (TPSA) is 79.4 Å². The molecule has 1 saturated heterocycles. The molecular formula is C19H22ClN3O3S. The first-order valence-electron chi connectivity index (χ1n) is 8.90. The first-order chi connectivity index (χ1) is 12.9. The van der Waals surface area contributed by atoms with Crippen molar-refractivity contribution in [3.63, 3.8) is 0 Å². The highest BCUT2D eigenvalue weighted by Crippen LogP contribution is 2.28. The van der Waals surface area contributed by atoms with Crippen LogP contribution in [0.2, 0.25) is 5.02 Å². The van der Waals surface area contributed by atoms with Crippen molar-refractivity contribution in [2.75, 3.05) is 13.1 Å². The van der Waals surface area contributed by atoms with Crippen molar-refractivity contribution in [3.8, 4) is 0 Å². The lowest BCUT2D eigenvalue weighted by atomic mass is 10.1. The van der Waals surface area contributed by atoms with E-state index in [9.17, 15) is 13.2 Å². The maximum atomic E-state index is 12.9. The van der Waals surface area contributed by atoms with E-state index < -0.39 is 10.0 Å². The zero-order valence-electron chi connectivity index (χ0n) is 15.1. The molecule has 1 aliphatic heterocycles. The fourth-order valence-electron chi connectivity index (χ4n) is 3.08. The summed E-state index contributed by atoms with van der Waals surface area (Å²) < 4.78 is 27.3. The van der Waals surface area contributed by atoms with E-state index in [-0.39, 0.29) is 27.4 Å². The molecule has 6 nitrogen and oxygen atoms in total. The fourth-order valence-corrected chi connectivity index (χ4v) is 5.10. The quantitative estimate of drug-likeness (QED) is 0.823. The van der Waals surface area contributed by atoms with Crippen LogP contribution < -0.4 is 5.32 Å². The maximum absolute atomic E-state index is 12.9. The number of pyridine rings is 1. The Balaban J connectivity index is 1.83. The third-order valence-corrected chi connectivity index (χ3v) is 7.04. The molecule has 1 N–H and O–H groups in total. The average molecular weight is 408 g/mol. The second kappa shape index (κ2) is 8.37. The summed E-state index contributed by atoms with van der Waals surface area (Å²) in [7, 11) is -3.72. The number of amides is 1. The van der Waals surface area contributed by atoms with Gasteiger partial charge in [0.1, 0.15) is 4.90 Å². The van der Waals surface area contributed by atoms with Crippen molar-refractivity contribution in [2.24, 2.45) is 0 Å². The second-order valence-electron chi connectivity index (χ2n) is 6.59.